The van der Waals surface area contributed by atoms with Crippen molar-refractivity contribution in [2.75, 3.05) is 0 Å². The molecule has 136 valence electrons. The van der Waals surface area contributed by atoms with Crippen LogP contribution in [0, 0.1) is 13.8 Å². The number of aryl methyl sites for hydroxylation is 2. The second-order valence-electron chi connectivity index (χ2n) is 5.79. The van der Waals surface area contributed by atoms with Gasteiger partial charge in [0.2, 0.25) is 0 Å². The van der Waals surface area contributed by atoms with Crippen LogP contribution < -0.4 is 10.2 Å². The molecule has 1 atom stereocenters. The van der Waals surface area contributed by atoms with Gasteiger partial charge in [-0.3, -0.25) is 4.79 Å². The van der Waals surface area contributed by atoms with E-state index in [1.54, 1.807) is 31.2 Å². The topological polar surface area (TPSA) is 88.0 Å². The molecule has 7 heteroatoms. The highest BCUT2D eigenvalue weighted by Gasteiger charge is 2.15. The van der Waals surface area contributed by atoms with Gasteiger partial charge in [0.1, 0.15) is 5.75 Å². The molecule has 2 aromatic carbocycles. The number of carboxylic acids is 1. The first-order valence-corrected chi connectivity index (χ1v) is 8.25. The maximum atomic E-state index is 12.1. The van der Waals surface area contributed by atoms with Crippen molar-refractivity contribution in [2.24, 2.45) is 5.10 Å². The molecular formula is C19H19ClN2O4. The number of hydrazone groups is 1. The van der Waals surface area contributed by atoms with Crippen molar-refractivity contribution >= 4 is 29.7 Å². The van der Waals surface area contributed by atoms with Crippen molar-refractivity contribution in [1.29, 1.82) is 0 Å². The number of rotatable bonds is 6. The summed E-state index contributed by atoms with van der Waals surface area (Å²) in [6.07, 6.45) is 0.675. The molecule has 1 unspecified atom stereocenters. The van der Waals surface area contributed by atoms with E-state index in [0.29, 0.717) is 16.3 Å². The van der Waals surface area contributed by atoms with Gasteiger partial charge in [-0.2, -0.15) is 5.10 Å². The zero-order chi connectivity index (χ0) is 19.3. The first-order valence-electron chi connectivity index (χ1n) is 7.87. The lowest BCUT2D eigenvalue weighted by molar-refractivity contribution is -0.127. The Hall–Kier alpha value is -2.86. The quantitative estimate of drug-likeness (QED) is 0.597. The summed E-state index contributed by atoms with van der Waals surface area (Å²) < 4.78 is 5.63. The van der Waals surface area contributed by atoms with Crippen molar-refractivity contribution in [3.05, 3.63) is 63.7 Å². The Labute approximate surface area is 156 Å². The van der Waals surface area contributed by atoms with E-state index in [4.69, 9.17) is 21.4 Å². The lowest BCUT2D eigenvalue weighted by Crippen LogP contribution is -2.33. The summed E-state index contributed by atoms with van der Waals surface area (Å²) in [6, 6.07) is 9.65. The van der Waals surface area contributed by atoms with Crippen molar-refractivity contribution < 1.29 is 19.4 Å². The minimum atomic E-state index is -1.000. The number of aromatic carboxylic acids is 1. The average molecular weight is 375 g/mol. The summed E-state index contributed by atoms with van der Waals surface area (Å²) in [6.45, 7) is 5.35. The predicted octanol–water partition coefficient (Wildman–Crippen LogP) is 3.57. The van der Waals surface area contributed by atoms with Crippen LogP contribution in [0.2, 0.25) is 5.02 Å². The molecule has 2 aromatic rings. The second-order valence-corrected chi connectivity index (χ2v) is 6.17. The summed E-state index contributed by atoms with van der Waals surface area (Å²) in [4.78, 5) is 22.9. The fourth-order valence-corrected chi connectivity index (χ4v) is 2.31. The number of hydrogen-bond donors (Lipinski definition) is 2. The van der Waals surface area contributed by atoms with Crippen LogP contribution in [0.1, 0.15) is 34.0 Å². The third-order valence-corrected chi connectivity index (χ3v) is 4.23. The number of hydrogen-bond acceptors (Lipinski definition) is 4. The van der Waals surface area contributed by atoms with E-state index in [1.165, 1.54) is 18.3 Å². The number of carbonyl (C=O) groups is 2. The Morgan fingerprint density at radius 3 is 2.31 bits per heavy atom. The number of nitrogens with one attached hydrogen (secondary N) is 1. The Bertz CT molecular complexity index is 824. The van der Waals surface area contributed by atoms with E-state index in [2.05, 4.69) is 10.5 Å². The van der Waals surface area contributed by atoms with Crippen molar-refractivity contribution in [2.45, 2.75) is 26.9 Å². The third-order valence-electron chi connectivity index (χ3n) is 3.64. The van der Waals surface area contributed by atoms with E-state index in [1.807, 2.05) is 13.8 Å². The summed E-state index contributed by atoms with van der Waals surface area (Å²) in [7, 11) is 0. The van der Waals surface area contributed by atoms with Gasteiger partial charge in [-0.05, 0) is 61.7 Å². The number of benzene rings is 2. The molecule has 0 aliphatic carbocycles. The van der Waals surface area contributed by atoms with Crippen LogP contribution in [0.3, 0.4) is 0 Å². The summed E-state index contributed by atoms with van der Waals surface area (Å²) in [5.74, 6) is -0.852. The van der Waals surface area contributed by atoms with Gasteiger partial charge in [-0.25, -0.2) is 10.2 Å². The highest BCUT2D eigenvalue weighted by molar-refractivity contribution is 6.32. The van der Waals surface area contributed by atoms with E-state index >= 15 is 0 Å². The van der Waals surface area contributed by atoms with Crippen LogP contribution in [-0.4, -0.2) is 29.3 Å². The van der Waals surface area contributed by atoms with Crippen LogP contribution in [0.25, 0.3) is 0 Å². The van der Waals surface area contributed by atoms with E-state index in [-0.39, 0.29) is 5.56 Å². The first-order chi connectivity index (χ1) is 12.3. The monoisotopic (exact) mass is 374 g/mol. The largest absolute Gasteiger partial charge is 0.481 e. The average Bonchev–Trinajstić information content (AvgIpc) is 2.59. The van der Waals surface area contributed by atoms with E-state index < -0.39 is 18.0 Å². The number of halogens is 1. The Balaban J connectivity index is 1.93. The van der Waals surface area contributed by atoms with Gasteiger partial charge in [0.15, 0.2) is 6.10 Å². The second kappa shape index (κ2) is 8.49. The maximum absolute atomic E-state index is 12.1. The molecular weight excluding hydrogens is 356 g/mol. The molecule has 26 heavy (non-hydrogen) atoms. The summed E-state index contributed by atoms with van der Waals surface area (Å²) in [5.41, 5.74) is 4.98. The van der Waals surface area contributed by atoms with Crippen molar-refractivity contribution in [3.8, 4) is 5.75 Å². The highest BCUT2D eigenvalue weighted by atomic mass is 35.5. The number of carbonyl (C=O) groups excluding carboxylic acids is 1. The minimum Gasteiger partial charge on any atom is -0.481 e. The Morgan fingerprint density at radius 1 is 1.19 bits per heavy atom. The third kappa shape index (κ3) is 5.07. The van der Waals surface area contributed by atoms with Gasteiger partial charge in [-0.15, -0.1) is 0 Å². The fourth-order valence-electron chi connectivity index (χ4n) is 2.20. The zero-order valence-electron chi connectivity index (χ0n) is 14.6. The molecule has 0 spiro atoms. The van der Waals surface area contributed by atoms with E-state index in [9.17, 15) is 9.59 Å². The first kappa shape index (κ1) is 19.5. The molecule has 0 aliphatic rings. The number of ether oxygens (including phenoxy) is 1. The molecule has 2 N–H and O–H groups in total. The summed E-state index contributed by atoms with van der Waals surface area (Å²) in [5, 5.41) is 13.4. The SMILES string of the molecule is Cc1cc(OC(C)C(=O)N/N=C/c2ccc(C(=O)O)cc2)cc(C)c1Cl. The standard InChI is InChI=1S/C19H19ClN2O4/c1-11-8-16(9-12(2)17(11)20)26-13(3)18(23)22-21-10-14-4-6-15(7-5-14)19(24)25/h4-10,13H,1-3H3,(H,22,23)(H,24,25)/b21-10+. The minimum absolute atomic E-state index is 0.182. The van der Waals surface area contributed by atoms with Gasteiger partial charge in [0.05, 0.1) is 11.8 Å². The molecule has 0 aromatic heterocycles. The maximum Gasteiger partial charge on any atom is 0.335 e. The highest BCUT2D eigenvalue weighted by Crippen LogP contribution is 2.26. The van der Waals surface area contributed by atoms with Gasteiger partial charge in [-0.1, -0.05) is 23.7 Å². The molecule has 0 fully saturated rings. The predicted molar refractivity (Wildman–Crippen MR) is 100 cm³/mol. The number of nitrogens with zero attached hydrogens (tertiary/aromatic N) is 1. The molecule has 0 bridgehead atoms. The van der Waals surface area contributed by atoms with Gasteiger partial charge < -0.3 is 9.84 Å². The lowest BCUT2D eigenvalue weighted by Gasteiger charge is -2.14. The summed E-state index contributed by atoms with van der Waals surface area (Å²) >= 11 is 6.12. The smallest absolute Gasteiger partial charge is 0.335 e. The van der Waals surface area contributed by atoms with Crippen LogP contribution in [0.4, 0.5) is 0 Å². The normalized spacial score (nSPS) is 12.0. The molecule has 0 saturated heterocycles. The Morgan fingerprint density at radius 2 is 1.77 bits per heavy atom. The van der Waals surface area contributed by atoms with Gasteiger partial charge in [0, 0.05) is 5.02 Å². The molecule has 0 saturated carbocycles. The van der Waals surface area contributed by atoms with Gasteiger partial charge >= 0.3 is 5.97 Å². The van der Waals surface area contributed by atoms with Gasteiger partial charge in [0.25, 0.3) is 5.91 Å². The van der Waals surface area contributed by atoms with Crippen LogP contribution in [0.15, 0.2) is 41.5 Å². The molecule has 0 radical (unpaired) electrons. The Kier molecular flexibility index (Phi) is 6.36. The van der Waals surface area contributed by atoms with Crippen LogP contribution in [-0.2, 0) is 4.79 Å². The lowest BCUT2D eigenvalue weighted by atomic mass is 10.1. The van der Waals surface area contributed by atoms with Crippen molar-refractivity contribution in [3.63, 3.8) is 0 Å². The van der Waals surface area contributed by atoms with E-state index in [0.717, 1.165) is 11.1 Å². The molecule has 2 rings (SSSR count). The molecule has 0 heterocycles. The number of carboxylic acid groups (broad SMARTS) is 1. The van der Waals surface area contributed by atoms with Crippen LogP contribution >= 0.6 is 11.6 Å². The van der Waals surface area contributed by atoms with Crippen molar-refractivity contribution in [1.82, 2.24) is 5.43 Å². The molecule has 6 nitrogen and oxygen atoms in total. The number of amides is 1. The van der Waals surface area contributed by atoms with Crippen LogP contribution in [0.5, 0.6) is 5.75 Å². The molecule has 1 amide bonds. The fraction of sp³-hybridized carbons (Fsp3) is 0.211. The molecule has 0 aliphatic heterocycles. The zero-order valence-corrected chi connectivity index (χ0v) is 15.4.